The Bertz CT molecular complexity index is 1510. The van der Waals surface area contributed by atoms with Crippen molar-refractivity contribution in [1.29, 1.82) is 0 Å². The van der Waals surface area contributed by atoms with Gasteiger partial charge in [-0.05, 0) is 60.4 Å². The molecular formula is C25H25ClN2O5S2. The average molecular weight is 533 g/mol. The van der Waals surface area contributed by atoms with Crippen molar-refractivity contribution in [2.24, 2.45) is 0 Å². The quantitative estimate of drug-likeness (QED) is 0.299. The monoisotopic (exact) mass is 532 g/mol. The van der Waals surface area contributed by atoms with Gasteiger partial charge in [0.05, 0.1) is 35.9 Å². The van der Waals surface area contributed by atoms with Crippen molar-refractivity contribution in [2.45, 2.75) is 24.3 Å². The molecule has 0 bridgehead atoms. The number of sulfonamides is 1. The Labute approximate surface area is 212 Å². The summed E-state index contributed by atoms with van der Waals surface area (Å²) in [5, 5.41) is 0.579. The molecule has 0 atom stereocenters. The molecule has 0 unspecified atom stereocenters. The first-order valence-electron chi connectivity index (χ1n) is 10.9. The third kappa shape index (κ3) is 5.70. The summed E-state index contributed by atoms with van der Waals surface area (Å²) in [6.07, 6.45) is 1.28. The van der Waals surface area contributed by atoms with Gasteiger partial charge in [0.2, 0.25) is 10.0 Å². The lowest BCUT2D eigenvalue weighted by atomic mass is 10.1. The van der Waals surface area contributed by atoms with Gasteiger partial charge in [0.15, 0.2) is 11.5 Å². The van der Waals surface area contributed by atoms with E-state index in [4.69, 9.17) is 21.1 Å². The number of thiazole rings is 1. The summed E-state index contributed by atoms with van der Waals surface area (Å²) in [6, 6.07) is 17.7. The molecule has 0 spiro atoms. The first kappa shape index (κ1) is 25.2. The van der Waals surface area contributed by atoms with Crippen LogP contribution in [0.2, 0.25) is 5.02 Å². The van der Waals surface area contributed by atoms with Crippen LogP contribution < -0.4 is 19.1 Å². The zero-order valence-corrected chi connectivity index (χ0v) is 21.7. The molecule has 1 heterocycles. The summed E-state index contributed by atoms with van der Waals surface area (Å²) in [6.45, 7) is 0.595. The highest BCUT2D eigenvalue weighted by Gasteiger charge is 2.17. The fourth-order valence-corrected chi connectivity index (χ4v) is 6.08. The van der Waals surface area contributed by atoms with E-state index in [0.717, 1.165) is 22.5 Å². The highest BCUT2D eigenvalue weighted by molar-refractivity contribution is 7.89. The summed E-state index contributed by atoms with van der Waals surface area (Å²) in [5.41, 5.74) is 2.52. The van der Waals surface area contributed by atoms with Gasteiger partial charge in [0.1, 0.15) is 0 Å². The minimum absolute atomic E-state index is 0.127. The third-order valence-electron chi connectivity index (χ3n) is 5.62. The minimum atomic E-state index is -3.72. The number of nitrogens with zero attached hydrogens (tertiary/aromatic N) is 1. The number of rotatable bonds is 10. The maximum absolute atomic E-state index is 12.9. The Hall–Kier alpha value is -2.85. The Balaban J connectivity index is 1.44. The lowest BCUT2D eigenvalue weighted by Gasteiger charge is -2.10. The molecule has 0 aliphatic carbocycles. The number of benzene rings is 3. The number of halogens is 1. The molecule has 4 aromatic rings. The second-order valence-electron chi connectivity index (χ2n) is 7.87. The van der Waals surface area contributed by atoms with Gasteiger partial charge in [-0.2, -0.15) is 0 Å². The fourth-order valence-electron chi connectivity index (χ4n) is 3.78. The number of aromatic nitrogens is 1. The molecule has 4 rings (SSSR count). The van der Waals surface area contributed by atoms with Gasteiger partial charge in [0.25, 0.3) is 0 Å². The Morgan fingerprint density at radius 3 is 2.51 bits per heavy atom. The van der Waals surface area contributed by atoms with Crippen molar-refractivity contribution in [2.75, 3.05) is 20.8 Å². The van der Waals surface area contributed by atoms with Crippen LogP contribution >= 0.6 is 22.9 Å². The van der Waals surface area contributed by atoms with Gasteiger partial charge < -0.3 is 9.47 Å². The maximum Gasteiger partial charge on any atom is 0.308 e. The van der Waals surface area contributed by atoms with Crippen LogP contribution in [0.4, 0.5) is 0 Å². The second-order valence-corrected chi connectivity index (χ2v) is 11.0. The second kappa shape index (κ2) is 10.8. The van der Waals surface area contributed by atoms with Gasteiger partial charge in [-0.1, -0.05) is 47.2 Å². The van der Waals surface area contributed by atoms with Crippen LogP contribution in [-0.4, -0.2) is 33.7 Å². The van der Waals surface area contributed by atoms with E-state index < -0.39 is 10.0 Å². The molecule has 184 valence electrons. The molecule has 10 heteroatoms. The van der Waals surface area contributed by atoms with Crippen LogP contribution in [0.15, 0.2) is 70.4 Å². The summed E-state index contributed by atoms with van der Waals surface area (Å²) >= 11 is 7.26. The van der Waals surface area contributed by atoms with Crippen LogP contribution in [0.3, 0.4) is 0 Å². The Morgan fingerprint density at radius 1 is 1.00 bits per heavy atom. The zero-order chi connectivity index (χ0) is 25.0. The molecule has 1 N–H and O–H groups in total. The first-order valence-corrected chi connectivity index (χ1v) is 13.6. The van der Waals surface area contributed by atoms with E-state index in [9.17, 15) is 13.2 Å². The molecule has 0 fully saturated rings. The smallest absolute Gasteiger partial charge is 0.308 e. The van der Waals surface area contributed by atoms with Crippen LogP contribution in [0, 0.1) is 0 Å². The Morgan fingerprint density at radius 2 is 1.77 bits per heavy atom. The van der Waals surface area contributed by atoms with E-state index in [0.29, 0.717) is 46.1 Å². The molecule has 0 amide bonds. The molecule has 0 saturated heterocycles. The van der Waals surface area contributed by atoms with Gasteiger partial charge in [-0.3, -0.25) is 9.36 Å². The minimum Gasteiger partial charge on any atom is -0.493 e. The molecule has 3 aromatic carbocycles. The Kier molecular flexibility index (Phi) is 7.81. The van der Waals surface area contributed by atoms with Crippen molar-refractivity contribution >= 4 is 43.2 Å². The lowest BCUT2D eigenvalue weighted by Crippen LogP contribution is -2.25. The molecule has 0 saturated carbocycles. The predicted molar refractivity (Wildman–Crippen MR) is 140 cm³/mol. The first-order chi connectivity index (χ1) is 16.8. The largest absolute Gasteiger partial charge is 0.493 e. The molecule has 0 aliphatic rings. The number of nitrogens with one attached hydrogen (secondary N) is 1. The van der Waals surface area contributed by atoms with Gasteiger partial charge in [-0.15, -0.1) is 0 Å². The SMILES string of the molecule is COc1ccc(CCCNS(=O)(=O)c2ccc3c(c2)sc(=O)n3Cc2ccccc2Cl)cc1OC. The predicted octanol–water partition coefficient (Wildman–Crippen LogP) is 4.69. The highest BCUT2D eigenvalue weighted by atomic mass is 35.5. The summed E-state index contributed by atoms with van der Waals surface area (Å²) in [7, 11) is -0.562. The van der Waals surface area contributed by atoms with Crippen molar-refractivity contribution < 1.29 is 17.9 Å². The van der Waals surface area contributed by atoms with E-state index in [-0.39, 0.29) is 16.3 Å². The maximum atomic E-state index is 12.9. The summed E-state index contributed by atoms with van der Waals surface area (Å²) in [4.78, 5) is 12.6. The molecular weight excluding hydrogens is 508 g/mol. The number of methoxy groups -OCH3 is 2. The third-order valence-corrected chi connectivity index (χ3v) is 8.39. The molecule has 1 aromatic heterocycles. The molecule has 0 aliphatic heterocycles. The number of hydrogen-bond acceptors (Lipinski definition) is 6. The van der Waals surface area contributed by atoms with E-state index in [2.05, 4.69) is 4.72 Å². The van der Waals surface area contributed by atoms with Crippen molar-refractivity contribution in [3.8, 4) is 11.5 Å². The topological polar surface area (TPSA) is 86.6 Å². The lowest BCUT2D eigenvalue weighted by molar-refractivity contribution is 0.354. The van der Waals surface area contributed by atoms with E-state index in [1.54, 1.807) is 37.0 Å². The van der Waals surface area contributed by atoms with Crippen molar-refractivity contribution in [3.05, 3.63) is 86.5 Å². The normalized spacial score (nSPS) is 11.6. The highest BCUT2D eigenvalue weighted by Crippen LogP contribution is 2.28. The summed E-state index contributed by atoms with van der Waals surface area (Å²) < 4.78 is 41.1. The van der Waals surface area contributed by atoms with Crippen LogP contribution in [0.1, 0.15) is 17.5 Å². The molecule has 35 heavy (non-hydrogen) atoms. The number of hydrogen-bond donors (Lipinski definition) is 1. The van der Waals surface area contributed by atoms with Crippen LogP contribution in [0.25, 0.3) is 10.2 Å². The van der Waals surface area contributed by atoms with Crippen LogP contribution in [0.5, 0.6) is 11.5 Å². The van der Waals surface area contributed by atoms with Crippen molar-refractivity contribution in [1.82, 2.24) is 9.29 Å². The standard InChI is InChI=1S/C25H25ClN2O5S2/c1-32-22-12-9-17(14-23(22)33-2)6-5-13-27-35(30,31)19-10-11-21-24(15-19)34-25(29)28(21)16-18-7-3-4-8-20(18)26/h3-4,7-12,14-15,27H,5-6,13,16H2,1-2H3. The van der Waals surface area contributed by atoms with Crippen molar-refractivity contribution in [3.63, 3.8) is 0 Å². The van der Waals surface area contributed by atoms with E-state index >= 15 is 0 Å². The molecule has 7 nitrogen and oxygen atoms in total. The number of ether oxygens (including phenoxy) is 2. The summed E-state index contributed by atoms with van der Waals surface area (Å²) in [5.74, 6) is 1.29. The fraction of sp³-hybridized carbons (Fsp3) is 0.240. The van der Waals surface area contributed by atoms with Gasteiger partial charge in [0, 0.05) is 11.6 Å². The number of aryl methyl sites for hydroxylation is 1. The zero-order valence-electron chi connectivity index (χ0n) is 19.3. The van der Waals surface area contributed by atoms with Gasteiger partial charge >= 0.3 is 4.87 Å². The molecule has 0 radical (unpaired) electrons. The van der Waals surface area contributed by atoms with E-state index in [1.807, 2.05) is 36.4 Å². The average Bonchev–Trinajstić information content (AvgIpc) is 3.17. The number of fused-ring (bicyclic) bond motifs is 1. The van der Waals surface area contributed by atoms with Crippen LogP contribution in [-0.2, 0) is 23.0 Å². The van der Waals surface area contributed by atoms with Gasteiger partial charge in [-0.25, -0.2) is 13.1 Å². The van der Waals surface area contributed by atoms with E-state index in [1.165, 1.54) is 6.07 Å².